The average molecular weight is 489 g/mol. The molecule has 4 aliphatic rings. The summed E-state index contributed by atoms with van der Waals surface area (Å²) >= 11 is 0. The van der Waals surface area contributed by atoms with E-state index >= 15 is 0 Å². The summed E-state index contributed by atoms with van der Waals surface area (Å²) in [6, 6.07) is 14.8. The largest absolute Gasteiger partial charge is 0.504 e. The lowest BCUT2D eigenvalue weighted by molar-refractivity contribution is -0.199. The molecule has 36 heavy (non-hydrogen) atoms. The van der Waals surface area contributed by atoms with Gasteiger partial charge in [0.2, 0.25) is 0 Å². The number of phenols is 1. The normalized spacial score (nSPS) is 32.2. The van der Waals surface area contributed by atoms with Gasteiger partial charge in [-0.25, -0.2) is 0 Å². The predicted octanol–water partition coefficient (Wildman–Crippen LogP) is 4.79. The molecule has 2 aromatic rings. The summed E-state index contributed by atoms with van der Waals surface area (Å²) in [5.41, 5.74) is 2.29. The molecule has 5 heteroatoms. The number of rotatable bonds is 9. The van der Waals surface area contributed by atoms with Crippen molar-refractivity contribution in [2.24, 2.45) is 0 Å². The molecule has 0 unspecified atom stereocenters. The fraction of sp³-hybridized carbons (Fsp3) is 0.548. The van der Waals surface area contributed by atoms with Gasteiger partial charge in [0.15, 0.2) is 11.5 Å². The van der Waals surface area contributed by atoms with E-state index in [2.05, 4.69) is 59.7 Å². The topological polar surface area (TPSA) is 56.2 Å². The maximum atomic E-state index is 12.6. The van der Waals surface area contributed by atoms with Crippen molar-refractivity contribution >= 4 is 0 Å². The number of phenolic OH excluding ortho intramolecular Hbond substituents is 1. The van der Waals surface area contributed by atoms with Crippen LogP contribution in [0.5, 0.6) is 11.5 Å². The molecule has 2 heterocycles. The summed E-state index contributed by atoms with van der Waals surface area (Å²) in [5, 5.41) is 23.6. The summed E-state index contributed by atoms with van der Waals surface area (Å²) in [7, 11) is 0. The summed E-state index contributed by atoms with van der Waals surface area (Å²) in [5.74, 6) is 0.845. The number of unbranched alkanes of at least 4 members (excludes halogenated alkanes) is 2. The molecular weight excluding hydrogens is 448 g/mol. The van der Waals surface area contributed by atoms with Gasteiger partial charge >= 0.3 is 0 Å². The summed E-state index contributed by atoms with van der Waals surface area (Å²) in [6.45, 7) is 9.84. The van der Waals surface area contributed by atoms with Gasteiger partial charge in [-0.05, 0) is 62.4 Å². The van der Waals surface area contributed by atoms with E-state index in [0.717, 1.165) is 63.8 Å². The van der Waals surface area contributed by atoms with Crippen molar-refractivity contribution in [3.05, 3.63) is 71.8 Å². The molecule has 2 aliphatic heterocycles. The van der Waals surface area contributed by atoms with Crippen LogP contribution in [-0.4, -0.2) is 63.4 Å². The second kappa shape index (κ2) is 9.20. The predicted molar refractivity (Wildman–Crippen MR) is 142 cm³/mol. The summed E-state index contributed by atoms with van der Waals surface area (Å²) in [4.78, 5) is 5.04. The highest BCUT2D eigenvalue weighted by molar-refractivity contribution is 5.62. The molecular formula is C31H40N2O3. The zero-order valence-corrected chi connectivity index (χ0v) is 21.5. The Morgan fingerprint density at radius 3 is 2.78 bits per heavy atom. The van der Waals surface area contributed by atoms with Crippen molar-refractivity contribution in [1.29, 1.82) is 0 Å². The molecule has 5 nitrogen and oxygen atoms in total. The first-order chi connectivity index (χ1) is 17.5. The van der Waals surface area contributed by atoms with Gasteiger partial charge in [-0.15, -0.1) is 6.58 Å². The number of hydrogen-bond acceptors (Lipinski definition) is 5. The summed E-state index contributed by atoms with van der Waals surface area (Å²) in [6.07, 6.45) is 8.63. The van der Waals surface area contributed by atoms with Gasteiger partial charge in [0.05, 0.1) is 11.0 Å². The number of nitrogens with zero attached hydrogens (tertiary/aromatic N) is 2. The first-order valence-electron chi connectivity index (χ1n) is 13.9. The zero-order chi connectivity index (χ0) is 24.9. The van der Waals surface area contributed by atoms with E-state index < -0.39 is 11.0 Å². The minimum atomic E-state index is -0.872. The molecule has 2 aliphatic carbocycles. The number of ether oxygens (including phenoxy) is 1. The van der Waals surface area contributed by atoms with Crippen molar-refractivity contribution in [3.8, 4) is 11.5 Å². The second-order valence-corrected chi connectivity index (χ2v) is 11.4. The Kier molecular flexibility index (Phi) is 6.14. The fourth-order valence-corrected chi connectivity index (χ4v) is 8.11. The second-order valence-electron chi connectivity index (χ2n) is 11.4. The number of benzene rings is 2. The van der Waals surface area contributed by atoms with Crippen LogP contribution in [0.1, 0.15) is 62.1 Å². The molecule has 5 atom stereocenters. The Hall–Kier alpha value is -2.34. The Bertz CT molecular complexity index is 1120. The van der Waals surface area contributed by atoms with E-state index in [1.54, 1.807) is 6.07 Å². The molecule has 2 N–H and O–H groups in total. The number of piperidine rings is 1. The third-order valence-corrected chi connectivity index (χ3v) is 9.65. The molecule has 0 radical (unpaired) electrons. The molecule has 0 aromatic heterocycles. The van der Waals surface area contributed by atoms with E-state index in [1.165, 1.54) is 24.0 Å². The van der Waals surface area contributed by atoms with E-state index in [9.17, 15) is 10.2 Å². The molecule has 1 saturated carbocycles. The fourth-order valence-electron chi connectivity index (χ4n) is 8.11. The lowest BCUT2D eigenvalue weighted by Gasteiger charge is -2.64. The number of likely N-dealkylation sites (tertiary alicyclic amines) is 1. The Morgan fingerprint density at radius 2 is 2.00 bits per heavy atom. The Labute approximate surface area is 215 Å². The molecule has 6 rings (SSSR count). The van der Waals surface area contributed by atoms with Gasteiger partial charge in [-0.2, -0.15) is 0 Å². The number of aliphatic hydroxyl groups is 1. The van der Waals surface area contributed by atoms with Crippen molar-refractivity contribution in [1.82, 2.24) is 9.80 Å². The highest BCUT2D eigenvalue weighted by atomic mass is 16.5. The van der Waals surface area contributed by atoms with Gasteiger partial charge in [-0.3, -0.25) is 9.80 Å². The Morgan fingerprint density at radius 1 is 1.17 bits per heavy atom. The monoisotopic (exact) mass is 488 g/mol. The van der Waals surface area contributed by atoms with Crippen LogP contribution in [0.25, 0.3) is 0 Å². The smallest absolute Gasteiger partial charge is 0.165 e. The van der Waals surface area contributed by atoms with Crippen LogP contribution in [0, 0.1) is 0 Å². The van der Waals surface area contributed by atoms with E-state index in [0.29, 0.717) is 5.75 Å². The minimum Gasteiger partial charge on any atom is -0.504 e. The van der Waals surface area contributed by atoms with Crippen molar-refractivity contribution < 1.29 is 14.9 Å². The van der Waals surface area contributed by atoms with Crippen LogP contribution in [0.3, 0.4) is 0 Å². The molecule has 1 spiro atoms. The quantitative estimate of drug-likeness (QED) is 0.393. The van der Waals surface area contributed by atoms with Crippen LogP contribution >= 0.6 is 0 Å². The van der Waals surface area contributed by atoms with Crippen LogP contribution < -0.4 is 4.74 Å². The van der Waals surface area contributed by atoms with Gasteiger partial charge in [0.1, 0.15) is 6.10 Å². The van der Waals surface area contributed by atoms with Crippen LogP contribution in [0.4, 0.5) is 0 Å². The molecule has 1 saturated heterocycles. The molecule has 2 aromatic carbocycles. The number of aromatic hydroxyl groups is 1. The van der Waals surface area contributed by atoms with Gasteiger partial charge in [-0.1, -0.05) is 62.2 Å². The highest BCUT2D eigenvalue weighted by Gasteiger charge is 2.73. The van der Waals surface area contributed by atoms with E-state index in [1.807, 2.05) is 6.08 Å². The molecule has 192 valence electrons. The third-order valence-electron chi connectivity index (χ3n) is 9.65. The average Bonchev–Trinajstić information content (AvgIpc) is 3.23. The summed E-state index contributed by atoms with van der Waals surface area (Å²) < 4.78 is 6.82. The Balaban J connectivity index is 1.43. The highest BCUT2D eigenvalue weighted by Crippen LogP contribution is 2.65. The minimum absolute atomic E-state index is 0.0435. The van der Waals surface area contributed by atoms with Crippen molar-refractivity contribution in [2.45, 2.75) is 87.6 Å². The van der Waals surface area contributed by atoms with Gasteiger partial charge in [0.25, 0.3) is 0 Å². The lowest BCUT2D eigenvalue weighted by atomic mass is 9.48. The SMILES string of the molecule is C=CCN1CC[C@]23c4c5ccc(O)c4O[C@H]2[C@H](N(CCCCC)Cc2ccccc2)CC[C@@]3(O)[C@H]1C5. The first-order valence-corrected chi connectivity index (χ1v) is 13.9. The van der Waals surface area contributed by atoms with Crippen molar-refractivity contribution in [2.75, 3.05) is 19.6 Å². The van der Waals surface area contributed by atoms with Crippen molar-refractivity contribution in [3.63, 3.8) is 0 Å². The maximum absolute atomic E-state index is 12.6. The van der Waals surface area contributed by atoms with E-state index in [-0.39, 0.29) is 23.9 Å². The molecule has 0 amide bonds. The van der Waals surface area contributed by atoms with Crippen LogP contribution in [-0.2, 0) is 18.4 Å². The van der Waals surface area contributed by atoms with Crippen LogP contribution in [0.2, 0.25) is 0 Å². The molecule has 2 fully saturated rings. The number of hydrogen-bond donors (Lipinski definition) is 2. The third kappa shape index (κ3) is 3.39. The zero-order valence-electron chi connectivity index (χ0n) is 21.5. The maximum Gasteiger partial charge on any atom is 0.165 e. The molecule has 2 bridgehead atoms. The standard InChI is InChI=1S/C31H40N2O3/c1-3-5-9-18-33(21-22-10-7-6-8-11-22)24-14-15-31(35)26-20-23-12-13-25(34)28-27(23)30(31,29(24)36-28)16-19-32(26)17-4-2/h4,6-8,10-13,24,26,29,34-35H,2-3,5,9,14-21H2,1H3/t24-,26-,29+,30+,31-/m1/s1. The van der Waals surface area contributed by atoms with Gasteiger partial charge in [0, 0.05) is 30.7 Å². The first kappa shape index (κ1) is 24.0. The van der Waals surface area contributed by atoms with Gasteiger partial charge < -0.3 is 14.9 Å². The van der Waals surface area contributed by atoms with E-state index in [4.69, 9.17) is 4.74 Å². The lowest BCUT2D eigenvalue weighted by Crippen LogP contribution is -2.78. The van der Waals surface area contributed by atoms with Crippen LogP contribution in [0.15, 0.2) is 55.1 Å².